The van der Waals surface area contributed by atoms with Gasteiger partial charge in [-0.1, -0.05) is 30.3 Å². The van der Waals surface area contributed by atoms with Crippen molar-refractivity contribution in [3.63, 3.8) is 0 Å². The first-order valence-electron chi connectivity index (χ1n) is 12.5. The number of anilines is 2. The molecule has 0 unspecified atom stereocenters. The van der Waals surface area contributed by atoms with E-state index >= 15 is 0 Å². The van der Waals surface area contributed by atoms with Crippen LogP contribution in [0.25, 0.3) is 0 Å². The fraction of sp³-hybridized carbons (Fsp3) is 0.321. The molecule has 0 aliphatic carbocycles. The minimum atomic E-state index is -3.98. The Bertz CT molecular complexity index is 1470. The smallest absolute Gasteiger partial charge is 0.321 e. The summed E-state index contributed by atoms with van der Waals surface area (Å²) in [5.74, 6) is 1.06. The molecule has 1 saturated heterocycles. The highest BCUT2D eigenvalue weighted by Gasteiger charge is 2.48. The van der Waals surface area contributed by atoms with E-state index < -0.39 is 21.9 Å². The molecule has 5 rings (SSSR count). The zero-order valence-corrected chi connectivity index (χ0v) is 22.4. The molecule has 2 aliphatic rings. The fourth-order valence-corrected chi connectivity index (χ4v) is 6.96. The highest BCUT2D eigenvalue weighted by molar-refractivity contribution is 7.92. The van der Waals surface area contributed by atoms with Gasteiger partial charge in [0.25, 0.3) is 16.4 Å². The summed E-state index contributed by atoms with van der Waals surface area (Å²) in [4.78, 5) is 14.7. The lowest BCUT2D eigenvalue weighted by Crippen LogP contribution is -2.48. The molecule has 0 aromatic heterocycles. The standard InChI is InChI=1S/C28H29F2N3O5S/c1-37-24-12-9-20(17-25(24)38-2)31-27(34)32-15-13-28(14-16-32)18-33(23-6-4-3-5-22(23)28)39(35,36)21-10-7-19(8-11-21)26(29)30/h3-12,17,26H,13-16,18H2,1-2H3,(H,31,34). The summed E-state index contributed by atoms with van der Waals surface area (Å²) < 4.78 is 65.2. The summed E-state index contributed by atoms with van der Waals surface area (Å²) in [5, 5.41) is 2.89. The van der Waals surface area contributed by atoms with Crippen LogP contribution < -0.4 is 19.1 Å². The maximum atomic E-state index is 13.6. The number of amides is 2. The van der Waals surface area contributed by atoms with Crippen molar-refractivity contribution in [1.82, 2.24) is 4.90 Å². The van der Waals surface area contributed by atoms with Crippen molar-refractivity contribution >= 4 is 27.4 Å². The molecule has 8 nitrogen and oxygen atoms in total. The number of ether oxygens (including phenoxy) is 2. The Morgan fingerprint density at radius 2 is 1.62 bits per heavy atom. The van der Waals surface area contributed by atoms with Gasteiger partial charge in [0.2, 0.25) is 0 Å². The van der Waals surface area contributed by atoms with E-state index in [2.05, 4.69) is 5.32 Å². The third kappa shape index (κ3) is 4.87. The van der Waals surface area contributed by atoms with Gasteiger partial charge in [-0.15, -0.1) is 0 Å². The summed E-state index contributed by atoms with van der Waals surface area (Å²) in [6.45, 7) is 1.09. The van der Waals surface area contributed by atoms with E-state index in [-0.39, 0.29) is 23.0 Å². The van der Waals surface area contributed by atoms with Gasteiger partial charge < -0.3 is 19.7 Å². The normalized spacial score (nSPS) is 16.3. The Morgan fingerprint density at radius 1 is 0.949 bits per heavy atom. The van der Waals surface area contributed by atoms with E-state index in [4.69, 9.17) is 9.47 Å². The number of halogens is 2. The van der Waals surface area contributed by atoms with Gasteiger partial charge in [0.05, 0.1) is 24.8 Å². The lowest BCUT2D eigenvalue weighted by molar-refractivity contribution is 0.151. The van der Waals surface area contributed by atoms with Crippen molar-refractivity contribution in [3.8, 4) is 11.5 Å². The average Bonchev–Trinajstić information content (AvgIpc) is 3.28. The highest BCUT2D eigenvalue weighted by atomic mass is 32.2. The van der Waals surface area contributed by atoms with Gasteiger partial charge in [0.15, 0.2) is 11.5 Å². The number of sulfonamides is 1. The first kappa shape index (κ1) is 26.7. The number of piperidine rings is 1. The molecule has 1 spiro atoms. The van der Waals surface area contributed by atoms with Gasteiger partial charge in [-0.3, -0.25) is 4.31 Å². The summed E-state index contributed by atoms with van der Waals surface area (Å²) in [6, 6.07) is 17.0. The summed E-state index contributed by atoms with van der Waals surface area (Å²) in [6.07, 6.45) is -1.54. The predicted octanol–water partition coefficient (Wildman–Crippen LogP) is 5.42. The van der Waals surface area contributed by atoms with E-state index in [1.54, 1.807) is 35.2 Å². The maximum Gasteiger partial charge on any atom is 0.321 e. The van der Waals surface area contributed by atoms with Crippen LogP contribution in [0.5, 0.6) is 11.5 Å². The number of rotatable bonds is 6. The Hall–Kier alpha value is -3.86. The average molecular weight is 558 g/mol. The van der Waals surface area contributed by atoms with Gasteiger partial charge in [0, 0.05) is 42.4 Å². The van der Waals surface area contributed by atoms with Crippen molar-refractivity contribution in [3.05, 3.63) is 77.9 Å². The Kier molecular flexibility index (Phi) is 7.11. The first-order valence-corrected chi connectivity index (χ1v) is 13.9. The number of benzene rings is 3. The number of alkyl halides is 2. The molecule has 0 bridgehead atoms. The van der Waals surface area contributed by atoms with Crippen LogP contribution in [-0.4, -0.2) is 53.2 Å². The van der Waals surface area contributed by atoms with Crippen molar-refractivity contribution < 1.29 is 31.5 Å². The number of hydrogen-bond donors (Lipinski definition) is 1. The summed E-state index contributed by atoms with van der Waals surface area (Å²) >= 11 is 0. The number of nitrogens with zero attached hydrogens (tertiary/aromatic N) is 2. The zero-order valence-electron chi connectivity index (χ0n) is 21.6. The van der Waals surface area contributed by atoms with Crippen molar-refractivity contribution in [2.24, 2.45) is 0 Å². The number of hydrogen-bond acceptors (Lipinski definition) is 5. The van der Waals surface area contributed by atoms with Crippen LogP contribution in [-0.2, 0) is 15.4 Å². The van der Waals surface area contributed by atoms with Crippen molar-refractivity contribution in [1.29, 1.82) is 0 Å². The van der Waals surface area contributed by atoms with Gasteiger partial charge in [-0.05, 0) is 48.7 Å². The topological polar surface area (TPSA) is 88.2 Å². The van der Waals surface area contributed by atoms with E-state index in [1.165, 1.54) is 30.7 Å². The third-order valence-electron chi connectivity index (χ3n) is 7.55. The molecular formula is C28H29F2N3O5S. The number of nitrogens with one attached hydrogen (secondary N) is 1. The largest absolute Gasteiger partial charge is 0.493 e. The molecule has 11 heteroatoms. The molecule has 39 heavy (non-hydrogen) atoms. The molecule has 2 heterocycles. The lowest BCUT2D eigenvalue weighted by atomic mass is 9.74. The minimum Gasteiger partial charge on any atom is -0.493 e. The van der Waals surface area contributed by atoms with Crippen LogP contribution in [0.3, 0.4) is 0 Å². The molecule has 3 aromatic carbocycles. The molecule has 0 atom stereocenters. The van der Waals surface area contributed by atoms with Crippen LogP contribution in [0.1, 0.15) is 30.4 Å². The molecule has 2 amide bonds. The molecule has 2 aliphatic heterocycles. The molecule has 3 aromatic rings. The van der Waals surface area contributed by atoms with E-state index in [0.29, 0.717) is 48.8 Å². The summed E-state index contributed by atoms with van der Waals surface area (Å²) in [5.41, 5.74) is 1.37. The molecule has 0 radical (unpaired) electrons. The number of methoxy groups -OCH3 is 2. The molecule has 0 saturated carbocycles. The monoisotopic (exact) mass is 557 g/mol. The zero-order chi connectivity index (χ0) is 27.8. The van der Waals surface area contributed by atoms with Crippen LogP contribution >= 0.6 is 0 Å². The maximum absolute atomic E-state index is 13.6. The second-order valence-electron chi connectivity index (χ2n) is 9.67. The van der Waals surface area contributed by atoms with Crippen LogP contribution in [0.15, 0.2) is 71.6 Å². The molecule has 1 fully saturated rings. The minimum absolute atomic E-state index is 0.0366. The molecular weight excluding hydrogens is 528 g/mol. The number of fused-ring (bicyclic) bond motifs is 2. The molecule has 1 N–H and O–H groups in total. The second kappa shape index (κ2) is 10.4. The Labute approximate surface area is 226 Å². The first-order chi connectivity index (χ1) is 18.7. The van der Waals surface area contributed by atoms with Crippen LogP contribution in [0, 0.1) is 0 Å². The van der Waals surface area contributed by atoms with Crippen LogP contribution in [0.2, 0.25) is 0 Å². The predicted molar refractivity (Wildman–Crippen MR) is 143 cm³/mol. The quantitative estimate of drug-likeness (QED) is 0.438. The van der Waals surface area contributed by atoms with Crippen LogP contribution in [0.4, 0.5) is 25.0 Å². The number of carbonyl (C=O) groups excluding carboxylic acids is 1. The van der Waals surface area contributed by atoms with Crippen molar-refractivity contribution in [2.75, 3.05) is 43.5 Å². The summed E-state index contributed by atoms with van der Waals surface area (Å²) in [7, 11) is -0.919. The van der Waals surface area contributed by atoms with E-state index in [1.807, 2.05) is 12.1 Å². The number of urea groups is 1. The Morgan fingerprint density at radius 3 is 2.26 bits per heavy atom. The van der Waals surface area contributed by atoms with Gasteiger partial charge in [0.1, 0.15) is 0 Å². The van der Waals surface area contributed by atoms with Crippen molar-refractivity contribution in [2.45, 2.75) is 29.6 Å². The molecule has 206 valence electrons. The number of carbonyl (C=O) groups is 1. The third-order valence-corrected chi connectivity index (χ3v) is 9.33. The van der Waals surface area contributed by atoms with E-state index in [9.17, 15) is 22.0 Å². The highest BCUT2D eigenvalue weighted by Crippen LogP contribution is 2.48. The van der Waals surface area contributed by atoms with Gasteiger partial charge >= 0.3 is 6.03 Å². The number of para-hydroxylation sites is 1. The second-order valence-corrected chi connectivity index (χ2v) is 11.5. The van der Waals surface area contributed by atoms with E-state index in [0.717, 1.165) is 17.7 Å². The Balaban J connectivity index is 1.33. The van der Waals surface area contributed by atoms with Gasteiger partial charge in [-0.2, -0.15) is 0 Å². The fourth-order valence-electron chi connectivity index (χ4n) is 5.39. The van der Waals surface area contributed by atoms with Gasteiger partial charge in [-0.25, -0.2) is 22.0 Å². The SMILES string of the molecule is COc1ccc(NC(=O)N2CCC3(CC2)CN(S(=O)(=O)c2ccc(C(F)F)cc2)c2ccccc23)cc1OC. The lowest BCUT2D eigenvalue weighted by Gasteiger charge is -2.39. The number of likely N-dealkylation sites (tertiary alicyclic amines) is 1.